The molecular weight excluding hydrogens is 328 g/mol. The van der Waals surface area contributed by atoms with Gasteiger partial charge in [0.05, 0.1) is 6.04 Å². The molecule has 1 saturated heterocycles. The average molecular weight is 356 g/mol. The van der Waals surface area contributed by atoms with Crippen molar-refractivity contribution in [3.63, 3.8) is 0 Å². The summed E-state index contributed by atoms with van der Waals surface area (Å²) >= 11 is 0. The number of phenols is 2. The quantitative estimate of drug-likeness (QED) is 0.658. The van der Waals surface area contributed by atoms with Crippen LogP contribution in [0, 0.1) is 0 Å². The van der Waals surface area contributed by atoms with E-state index in [4.69, 9.17) is 0 Å². The Morgan fingerprint density at radius 1 is 1.19 bits per heavy atom. The smallest absolute Gasteiger partial charge is 0.317 e. The number of hydrogen-bond donors (Lipinski definition) is 3. The van der Waals surface area contributed by atoms with Gasteiger partial charge in [0.15, 0.2) is 0 Å². The second-order valence-electron chi connectivity index (χ2n) is 7.05. The van der Waals surface area contributed by atoms with Gasteiger partial charge in [-0.25, -0.2) is 4.79 Å². The van der Waals surface area contributed by atoms with Crippen LogP contribution >= 0.6 is 0 Å². The Morgan fingerprint density at radius 2 is 2.00 bits per heavy atom. The van der Waals surface area contributed by atoms with Gasteiger partial charge in [0.1, 0.15) is 11.5 Å². The lowest BCUT2D eigenvalue weighted by molar-refractivity contribution is 0.192. The van der Waals surface area contributed by atoms with E-state index in [1.54, 1.807) is 18.2 Å². The minimum atomic E-state index is -0.170. The fraction of sp³-hybridized carbons (Fsp3) is 0.476. The van der Waals surface area contributed by atoms with Crippen LogP contribution in [0.3, 0.4) is 0 Å². The first-order valence-electron chi connectivity index (χ1n) is 9.61. The van der Waals surface area contributed by atoms with Gasteiger partial charge in [-0.1, -0.05) is 38.3 Å². The molecule has 0 aliphatic carbocycles. The number of carbonyl (C=O) groups is 1. The molecule has 3 N–H and O–H groups in total. The molecule has 1 fully saturated rings. The molecule has 0 aromatic heterocycles. The van der Waals surface area contributed by atoms with E-state index in [2.05, 4.69) is 12.2 Å². The van der Waals surface area contributed by atoms with Crippen molar-refractivity contribution in [2.24, 2.45) is 0 Å². The maximum Gasteiger partial charge on any atom is 0.317 e. The number of nitrogens with zero attached hydrogens (tertiary/aromatic N) is 1. The Labute approximate surface area is 154 Å². The predicted molar refractivity (Wildman–Crippen MR) is 103 cm³/mol. The summed E-state index contributed by atoms with van der Waals surface area (Å²) in [5.41, 5.74) is 0.733. The first-order chi connectivity index (χ1) is 12.6. The number of carbonyl (C=O) groups excluding carboxylic acids is 1. The zero-order chi connectivity index (χ0) is 18.5. The molecular formula is C21H28N2O3. The van der Waals surface area contributed by atoms with E-state index in [1.807, 2.05) is 17.0 Å². The number of likely N-dealkylation sites (tertiary alicyclic amines) is 1. The first-order valence-corrected chi connectivity index (χ1v) is 9.61. The van der Waals surface area contributed by atoms with Gasteiger partial charge in [-0.05, 0) is 48.2 Å². The molecule has 1 unspecified atom stereocenters. The zero-order valence-electron chi connectivity index (χ0n) is 15.4. The van der Waals surface area contributed by atoms with Crippen LogP contribution in [0.4, 0.5) is 4.79 Å². The highest BCUT2D eigenvalue weighted by Gasteiger charge is 2.32. The van der Waals surface area contributed by atoms with Crippen molar-refractivity contribution in [1.29, 1.82) is 0 Å². The van der Waals surface area contributed by atoms with E-state index in [1.165, 1.54) is 12.8 Å². The molecule has 26 heavy (non-hydrogen) atoms. The molecule has 1 aliphatic rings. The molecule has 1 heterocycles. The average Bonchev–Trinajstić information content (AvgIpc) is 3.10. The minimum absolute atomic E-state index is 0.0689. The molecule has 2 amide bonds. The minimum Gasteiger partial charge on any atom is -0.508 e. The molecule has 2 aromatic rings. The molecule has 5 heteroatoms. The summed E-state index contributed by atoms with van der Waals surface area (Å²) in [5.74, 6) is 0.338. The fourth-order valence-electron chi connectivity index (χ4n) is 3.83. The highest BCUT2D eigenvalue weighted by molar-refractivity contribution is 5.90. The Kier molecular flexibility index (Phi) is 5.86. The van der Waals surface area contributed by atoms with Crippen LogP contribution in [-0.4, -0.2) is 34.2 Å². The SMILES string of the molecule is CCCCCCNC(=O)N1CCCC1c1c(O)ccc2ccc(O)cc12. The number of fused-ring (bicyclic) bond motifs is 1. The van der Waals surface area contributed by atoms with E-state index < -0.39 is 0 Å². The Balaban J connectivity index is 1.80. The van der Waals surface area contributed by atoms with Crippen LogP contribution in [0.5, 0.6) is 11.5 Å². The number of hydrogen-bond acceptors (Lipinski definition) is 3. The Hall–Kier alpha value is -2.43. The maximum absolute atomic E-state index is 12.7. The third-order valence-electron chi connectivity index (χ3n) is 5.18. The standard InChI is InChI=1S/C21H28N2O3/c1-2-3-4-5-12-22-21(26)23-13-6-7-18(23)20-17-14-16(24)10-8-15(17)9-11-19(20)25/h8-11,14,18,24-25H,2-7,12-13H2,1H3,(H,22,26). The molecule has 0 spiro atoms. The number of nitrogens with one attached hydrogen (secondary N) is 1. The summed E-state index contributed by atoms with van der Waals surface area (Å²) < 4.78 is 0. The highest BCUT2D eigenvalue weighted by atomic mass is 16.3. The molecule has 3 rings (SSSR count). The van der Waals surface area contributed by atoms with E-state index in [0.717, 1.165) is 42.0 Å². The number of amides is 2. The summed E-state index contributed by atoms with van der Waals surface area (Å²) in [6.07, 6.45) is 6.20. The fourth-order valence-corrected chi connectivity index (χ4v) is 3.83. The summed E-state index contributed by atoms with van der Waals surface area (Å²) in [4.78, 5) is 14.5. The van der Waals surface area contributed by atoms with Gasteiger partial charge in [-0.2, -0.15) is 0 Å². The van der Waals surface area contributed by atoms with Crippen LogP contribution in [0.25, 0.3) is 10.8 Å². The van der Waals surface area contributed by atoms with Crippen LogP contribution in [-0.2, 0) is 0 Å². The van der Waals surface area contributed by atoms with Crippen LogP contribution in [0.1, 0.15) is 57.1 Å². The van der Waals surface area contributed by atoms with Gasteiger partial charge in [0.25, 0.3) is 0 Å². The molecule has 0 radical (unpaired) electrons. The Bertz CT molecular complexity index is 770. The van der Waals surface area contributed by atoms with E-state index in [-0.39, 0.29) is 23.6 Å². The summed E-state index contributed by atoms with van der Waals surface area (Å²) in [6, 6.07) is 8.41. The normalized spacial score (nSPS) is 17.0. The van der Waals surface area contributed by atoms with Crippen LogP contribution in [0.15, 0.2) is 30.3 Å². The topological polar surface area (TPSA) is 72.8 Å². The molecule has 140 valence electrons. The molecule has 2 aromatic carbocycles. The van der Waals surface area contributed by atoms with E-state index in [9.17, 15) is 15.0 Å². The third-order valence-corrected chi connectivity index (χ3v) is 5.18. The zero-order valence-corrected chi connectivity index (χ0v) is 15.4. The van der Waals surface area contributed by atoms with Crippen molar-refractivity contribution < 1.29 is 15.0 Å². The number of phenolic OH excluding ortho intramolecular Hbond substituents is 2. The lowest BCUT2D eigenvalue weighted by Crippen LogP contribution is -2.39. The van der Waals surface area contributed by atoms with Crippen molar-refractivity contribution in [1.82, 2.24) is 10.2 Å². The summed E-state index contributed by atoms with van der Waals surface area (Å²) in [6.45, 7) is 3.53. The van der Waals surface area contributed by atoms with Crippen LogP contribution in [0.2, 0.25) is 0 Å². The number of aromatic hydroxyl groups is 2. The molecule has 5 nitrogen and oxygen atoms in total. The maximum atomic E-state index is 12.7. The van der Waals surface area contributed by atoms with Gasteiger partial charge in [0.2, 0.25) is 0 Å². The lowest BCUT2D eigenvalue weighted by Gasteiger charge is -2.27. The first kappa shape index (κ1) is 18.4. The van der Waals surface area contributed by atoms with E-state index in [0.29, 0.717) is 13.1 Å². The van der Waals surface area contributed by atoms with Gasteiger partial charge in [-0.15, -0.1) is 0 Å². The number of unbranched alkanes of at least 4 members (excludes halogenated alkanes) is 3. The monoisotopic (exact) mass is 356 g/mol. The van der Waals surface area contributed by atoms with Crippen molar-refractivity contribution in [2.45, 2.75) is 51.5 Å². The second-order valence-corrected chi connectivity index (χ2v) is 7.05. The second kappa shape index (κ2) is 8.30. The van der Waals surface area contributed by atoms with Crippen LogP contribution < -0.4 is 5.32 Å². The van der Waals surface area contributed by atoms with Crippen molar-refractivity contribution in [3.05, 3.63) is 35.9 Å². The third kappa shape index (κ3) is 3.87. The largest absolute Gasteiger partial charge is 0.508 e. The van der Waals surface area contributed by atoms with Gasteiger partial charge >= 0.3 is 6.03 Å². The molecule has 1 aliphatic heterocycles. The highest BCUT2D eigenvalue weighted by Crippen LogP contribution is 2.41. The van der Waals surface area contributed by atoms with Gasteiger partial charge in [-0.3, -0.25) is 0 Å². The number of urea groups is 1. The van der Waals surface area contributed by atoms with Crippen molar-refractivity contribution >= 4 is 16.8 Å². The predicted octanol–water partition coefficient (Wildman–Crippen LogP) is 4.68. The molecule has 1 atom stereocenters. The van der Waals surface area contributed by atoms with Crippen molar-refractivity contribution in [2.75, 3.05) is 13.1 Å². The number of rotatable bonds is 6. The molecule has 0 saturated carbocycles. The Morgan fingerprint density at radius 3 is 2.81 bits per heavy atom. The number of benzene rings is 2. The molecule has 0 bridgehead atoms. The van der Waals surface area contributed by atoms with Crippen molar-refractivity contribution in [3.8, 4) is 11.5 Å². The van der Waals surface area contributed by atoms with Gasteiger partial charge < -0.3 is 20.4 Å². The summed E-state index contributed by atoms with van der Waals surface area (Å²) in [5, 5.41) is 25.1. The lowest BCUT2D eigenvalue weighted by atomic mass is 9.96. The van der Waals surface area contributed by atoms with Gasteiger partial charge in [0, 0.05) is 18.7 Å². The summed E-state index contributed by atoms with van der Waals surface area (Å²) in [7, 11) is 0. The van der Waals surface area contributed by atoms with E-state index >= 15 is 0 Å².